The van der Waals surface area contributed by atoms with E-state index in [4.69, 9.17) is 4.74 Å². The van der Waals surface area contributed by atoms with Crippen molar-refractivity contribution < 1.29 is 9.53 Å². The van der Waals surface area contributed by atoms with Gasteiger partial charge in [-0.2, -0.15) is 0 Å². The molecule has 0 aromatic heterocycles. The van der Waals surface area contributed by atoms with Gasteiger partial charge in [0.05, 0.1) is 11.6 Å². The molecule has 0 bridgehead atoms. The lowest BCUT2D eigenvalue weighted by molar-refractivity contribution is -0.124. The fourth-order valence-electron chi connectivity index (χ4n) is 3.03. The molecule has 4 nitrogen and oxygen atoms in total. The van der Waals surface area contributed by atoms with Gasteiger partial charge in [0.25, 0.3) is 0 Å². The molecule has 19 heavy (non-hydrogen) atoms. The number of carbonyl (C=O) groups excluding carboxylic acids is 1. The van der Waals surface area contributed by atoms with Crippen molar-refractivity contribution in [3.8, 4) is 0 Å². The Morgan fingerprint density at radius 1 is 1.26 bits per heavy atom. The van der Waals surface area contributed by atoms with Gasteiger partial charge < -0.3 is 15.4 Å². The molecule has 1 amide bonds. The van der Waals surface area contributed by atoms with Crippen molar-refractivity contribution in [3.63, 3.8) is 0 Å². The zero-order valence-electron chi connectivity index (χ0n) is 12.3. The molecule has 110 valence electrons. The summed E-state index contributed by atoms with van der Waals surface area (Å²) in [7, 11) is 1.77. The summed E-state index contributed by atoms with van der Waals surface area (Å²) in [5.74, 6) is 0.137. The first-order valence-corrected chi connectivity index (χ1v) is 7.74. The van der Waals surface area contributed by atoms with E-state index in [1.807, 2.05) is 6.92 Å². The minimum Gasteiger partial charge on any atom is -0.377 e. The topological polar surface area (TPSA) is 50.4 Å². The van der Waals surface area contributed by atoms with Crippen molar-refractivity contribution >= 4 is 5.91 Å². The van der Waals surface area contributed by atoms with Gasteiger partial charge in [-0.15, -0.1) is 0 Å². The summed E-state index contributed by atoms with van der Waals surface area (Å²) in [6.45, 7) is 2.73. The molecule has 0 aromatic carbocycles. The lowest BCUT2D eigenvalue weighted by Crippen LogP contribution is -2.54. The van der Waals surface area contributed by atoms with E-state index in [9.17, 15) is 4.79 Å². The zero-order chi connectivity index (χ0) is 13.7. The number of ether oxygens (including phenoxy) is 1. The number of amides is 1. The summed E-state index contributed by atoms with van der Waals surface area (Å²) in [6, 6.07) is 0.264. The molecule has 2 fully saturated rings. The highest BCUT2D eigenvalue weighted by atomic mass is 16.5. The fraction of sp³-hybridized carbons (Fsp3) is 0.933. The summed E-state index contributed by atoms with van der Waals surface area (Å²) in [6.07, 6.45) is 9.54. The Morgan fingerprint density at radius 2 is 1.95 bits per heavy atom. The van der Waals surface area contributed by atoms with Crippen molar-refractivity contribution in [3.05, 3.63) is 0 Å². The number of methoxy groups -OCH3 is 1. The van der Waals surface area contributed by atoms with Crippen LogP contribution < -0.4 is 10.6 Å². The van der Waals surface area contributed by atoms with Gasteiger partial charge >= 0.3 is 0 Å². The zero-order valence-corrected chi connectivity index (χ0v) is 12.3. The maximum atomic E-state index is 12.1. The average Bonchev–Trinajstić information content (AvgIpc) is 2.39. The van der Waals surface area contributed by atoms with Crippen LogP contribution in [0.4, 0.5) is 0 Å². The summed E-state index contributed by atoms with van der Waals surface area (Å²) in [4.78, 5) is 12.1. The Morgan fingerprint density at radius 3 is 2.47 bits per heavy atom. The maximum Gasteiger partial charge on any atom is 0.237 e. The minimum atomic E-state index is -0.130. The predicted octanol–water partition coefficient (Wildman–Crippen LogP) is 1.98. The van der Waals surface area contributed by atoms with E-state index in [0.717, 1.165) is 32.2 Å². The van der Waals surface area contributed by atoms with E-state index in [1.165, 1.54) is 25.7 Å². The van der Waals surface area contributed by atoms with Crippen LogP contribution in [-0.4, -0.2) is 37.2 Å². The van der Waals surface area contributed by atoms with Crippen LogP contribution in [0.2, 0.25) is 0 Å². The summed E-state index contributed by atoms with van der Waals surface area (Å²) >= 11 is 0. The van der Waals surface area contributed by atoms with Crippen molar-refractivity contribution in [2.24, 2.45) is 0 Å². The van der Waals surface area contributed by atoms with Crippen LogP contribution in [0.3, 0.4) is 0 Å². The maximum absolute atomic E-state index is 12.1. The standard InChI is InChI=1S/C15H28N2O2/c1-12(16-11-15(19-2)9-6-10-15)14(18)17-13-7-4-3-5-8-13/h12-13,16H,3-11H2,1-2H3,(H,17,18). The van der Waals surface area contributed by atoms with Crippen LogP contribution in [-0.2, 0) is 9.53 Å². The van der Waals surface area contributed by atoms with E-state index in [0.29, 0.717) is 6.04 Å². The van der Waals surface area contributed by atoms with Crippen LogP contribution in [0.1, 0.15) is 58.3 Å². The van der Waals surface area contributed by atoms with Gasteiger partial charge in [-0.1, -0.05) is 19.3 Å². The van der Waals surface area contributed by atoms with E-state index in [1.54, 1.807) is 7.11 Å². The SMILES string of the molecule is COC1(CNC(C)C(=O)NC2CCCCC2)CCC1. The van der Waals surface area contributed by atoms with Crippen molar-refractivity contribution in [1.82, 2.24) is 10.6 Å². The first-order chi connectivity index (χ1) is 9.15. The Kier molecular flexibility index (Phi) is 5.22. The normalized spacial score (nSPS) is 24.5. The number of carbonyl (C=O) groups is 1. The number of hydrogen-bond acceptors (Lipinski definition) is 3. The van der Waals surface area contributed by atoms with Gasteiger partial charge in [0.2, 0.25) is 5.91 Å². The monoisotopic (exact) mass is 268 g/mol. The van der Waals surface area contributed by atoms with Crippen molar-refractivity contribution in [1.29, 1.82) is 0 Å². The first kappa shape index (κ1) is 14.8. The average molecular weight is 268 g/mol. The Labute approximate surface area is 116 Å². The molecule has 2 aliphatic rings. The van der Waals surface area contributed by atoms with Gasteiger partial charge in [0.1, 0.15) is 0 Å². The molecule has 2 N–H and O–H groups in total. The highest BCUT2D eigenvalue weighted by Gasteiger charge is 2.37. The van der Waals surface area contributed by atoms with E-state index in [-0.39, 0.29) is 17.6 Å². The molecule has 1 unspecified atom stereocenters. The molecule has 2 rings (SSSR count). The minimum absolute atomic E-state index is 0.0145. The summed E-state index contributed by atoms with van der Waals surface area (Å²) < 4.78 is 5.56. The van der Waals surface area contributed by atoms with Crippen LogP contribution in [0, 0.1) is 0 Å². The molecule has 0 heterocycles. The highest BCUT2D eigenvalue weighted by Crippen LogP contribution is 2.34. The first-order valence-electron chi connectivity index (χ1n) is 7.74. The van der Waals surface area contributed by atoms with Crippen molar-refractivity contribution in [2.45, 2.75) is 76.0 Å². The van der Waals surface area contributed by atoms with Gasteiger partial charge in [-0.25, -0.2) is 0 Å². The predicted molar refractivity (Wildman–Crippen MR) is 76.1 cm³/mol. The van der Waals surface area contributed by atoms with E-state index in [2.05, 4.69) is 10.6 Å². The number of nitrogens with one attached hydrogen (secondary N) is 2. The summed E-state index contributed by atoms with van der Waals surface area (Å²) in [5, 5.41) is 6.50. The quantitative estimate of drug-likeness (QED) is 0.774. The second kappa shape index (κ2) is 6.71. The third-order valence-electron chi connectivity index (χ3n) is 4.77. The molecule has 2 aliphatic carbocycles. The van der Waals surface area contributed by atoms with Crippen LogP contribution >= 0.6 is 0 Å². The highest BCUT2D eigenvalue weighted by molar-refractivity contribution is 5.81. The Balaban J connectivity index is 1.69. The van der Waals surface area contributed by atoms with E-state index >= 15 is 0 Å². The van der Waals surface area contributed by atoms with E-state index < -0.39 is 0 Å². The third-order valence-corrected chi connectivity index (χ3v) is 4.77. The largest absolute Gasteiger partial charge is 0.377 e. The molecule has 0 aliphatic heterocycles. The van der Waals surface area contributed by atoms with Gasteiger partial charge in [0, 0.05) is 19.7 Å². The Bertz CT molecular complexity index is 291. The van der Waals surface area contributed by atoms with Crippen LogP contribution in [0.5, 0.6) is 0 Å². The molecule has 0 spiro atoms. The summed E-state index contributed by atoms with van der Waals surface area (Å²) in [5.41, 5.74) is -0.0145. The molecular formula is C15H28N2O2. The molecule has 0 aromatic rings. The number of hydrogen-bond donors (Lipinski definition) is 2. The lowest BCUT2D eigenvalue weighted by atomic mass is 9.80. The molecule has 0 radical (unpaired) electrons. The molecule has 0 saturated heterocycles. The number of rotatable bonds is 6. The molecule has 2 saturated carbocycles. The van der Waals surface area contributed by atoms with Crippen LogP contribution in [0.25, 0.3) is 0 Å². The van der Waals surface area contributed by atoms with Gasteiger partial charge in [0.15, 0.2) is 0 Å². The molecular weight excluding hydrogens is 240 g/mol. The smallest absolute Gasteiger partial charge is 0.237 e. The Hall–Kier alpha value is -0.610. The molecule has 1 atom stereocenters. The third kappa shape index (κ3) is 3.93. The fourth-order valence-corrected chi connectivity index (χ4v) is 3.03. The van der Waals surface area contributed by atoms with Crippen LogP contribution in [0.15, 0.2) is 0 Å². The molecule has 4 heteroatoms. The van der Waals surface area contributed by atoms with Crippen molar-refractivity contribution in [2.75, 3.05) is 13.7 Å². The van der Waals surface area contributed by atoms with Gasteiger partial charge in [-0.05, 0) is 39.0 Å². The van der Waals surface area contributed by atoms with Gasteiger partial charge in [-0.3, -0.25) is 4.79 Å². The second-order valence-corrected chi connectivity index (χ2v) is 6.19. The second-order valence-electron chi connectivity index (χ2n) is 6.19. The lowest BCUT2D eigenvalue weighted by Gasteiger charge is -2.41.